The number of hydrogen-bond donors (Lipinski definition) is 2. The Labute approximate surface area is 125 Å². The topological polar surface area (TPSA) is 65.6 Å². The number of β-amino-alcohol motifs (C(OH)–C–C–N with tert-alkyl or cyclic N) is 1. The van der Waals surface area contributed by atoms with Crippen LogP contribution in [0.5, 0.6) is 0 Å². The molecule has 2 unspecified atom stereocenters. The van der Waals surface area contributed by atoms with Gasteiger partial charge in [-0.05, 0) is 39.1 Å². The van der Waals surface area contributed by atoms with E-state index >= 15 is 0 Å². The lowest BCUT2D eigenvalue weighted by molar-refractivity contribution is 0.191. The third-order valence-corrected chi connectivity index (χ3v) is 3.83. The van der Waals surface area contributed by atoms with E-state index in [9.17, 15) is 5.11 Å². The van der Waals surface area contributed by atoms with Crippen LogP contribution in [0.3, 0.4) is 0 Å². The van der Waals surface area contributed by atoms with Crippen molar-refractivity contribution in [3.63, 3.8) is 0 Å². The van der Waals surface area contributed by atoms with E-state index in [4.69, 9.17) is 18.0 Å². The van der Waals surface area contributed by atoms with E-state index in [0.717, 1.165) is 29.9 Å². The fourth-order valence-electron chi connectivity index (χ4n) is 2.81. The third-order valence-electron chi connectivity index (χ3n) is 3.63. The van der Waals surface area contributed by atoms with Crippen LogP contribution in [0.2, 0.25) is 0 Å². The van der Waals surface area contributed by atoms with E-state index in [1.807, 2.05) is 27.1 Å². The summed E-state index contributed by atoms with van der Waals surface area (Å²) < 4.78 is 0. The van der Waals surface area contributed by atoms with Gasteiger partial charge in [0.25, 0.3) is 0 Å². The Morgan fingerprint density at radius 3 is 2.90 bits per heavy atom. The van der Waals surface area contributed by atoms with Crippen LogP contribution in [0.1, 0.15) is 17.5 Å². The van der Waals surface area contributed by atoms with Crippen LogP contribution in [-0.4, -0.2) is 59.3 Å². The second-order valence-electron chi connectivity index (χ2n) is 5.65. The molecule has 1 fully saturated rings. The Hall–Kier alpha value is -1.24. The molecule has 0 bridgehead atoms. The second-order valence-corrected chi connectivity index (χ2v) is 6.09. The van der Waals surface area contributed by atoms with Gasteiger partial charge in [0.05, 0.1) is 11.7 Å². The lowest BCUT2D eigenvalue weighted by atomic mass is 10.1. The molecule has 110 valence electrons. The maximum atomic E-state index is 9.99. The summed E-state index contributed by atoms with van der Waals surface area (Å²) >= 11 is 5.17. The Morgan fingerprint density at radius 1 is 1.60 bits per heavy atom. The zero-order chi connectivity index (χ0) is 14.9. The number of nitrogens with two attached hydrogens (primary N) is 1. The molecule has 6 heteroatoms. The van der Waals surface area contributed by atoms with Crippen molar-refractivity contribution in [3.05, 3.63) is 23.4 Å². The first-order valence-corrected chi connectivity index (χ1v) is 7.15. The zero-order valence-corrected chi connectivity index (χ0v) is 13.0. The molecule has 2 heterocycles. The smallest absolute Gasteiger partial charge is 0.139 e. The molecule has 0 saturated carbocycles. The molecule has 0 radical (unpaired) electrons. The molecular weight excluding hydrogens is 272 g/mol. The van der Waals surface area contributed by atoms with Gasteiger partial charge < -0.3 is 20.6 Å². The highest BCUT2D eigenvalue weighted by Gasteiger charge is 2.33. The van der Waals surface area contributed by atoms with Crippen molar-refractivity contribution in [2.75, 3.05) is 32.1 Å². The predicted octanol–water partition coefficient (Wildman–Crippen LogP) is 0.525. The number of aliphatic hydroxyl groups is 1. The average Bonchev–Trinajstić information content (AvgIpc) is 2.68. The first-order chi connectivity index (χ1) is 9.40. The van der Waals surface area contributed by atoms with Crippen molar-refractivity contribution in [2.45, 2.75) is 25.5 Å². The number of hydrogen-bond acceptors (Lipinski definition) is 5. The van der Waals surface area contributed by atoms with Crippen LogP contribution in [0.25, 0.3) is 0 Å². The molecule has 1 aromatic heterocycles. The van der Waals surface area contributed by atoms with E-state index in [1.54, 1.807) is 6.20 Å². The van der Waals surface area contributed by atoms with Crippen molar-refractivity contribution in [1.29, 1.82) is 0 Å². The predicted molar refractivity (Wildman–Crippen MR) is 85.2 cm³/mol. The van der Waals surface area contributed by atoms with E-state index < -0.39 is 0 Å². The quantitative estimate of drug-likeness (QED) is 0.790. The summed E-state index contributed by atoms with van der Waals surface area (Å²) in [4.78, 5) is 9.07. The van der Waals surface area contributed by atoms with Gasteiger partial charge >= 0.3 is 0 Å². The number of rotatable bonds is 4. The largest absolute Gasteiger partial charge is 0.391 e. The minimum absolute atomic E-state index is 0.224. The Balaban J connectivity index is 2.39. The number of likely N-dealkylation sites (N-methyl/N-ethyl adjacent to an activating group) is 1. The molecule has 3 N–H and O–H groups in total. The summed E-state index contributed by atoms with van der Waals surface area (Å²) in [5, 5.41) is 9.99. The minimum atomic E-state index is -0.332. The summed E-state index contributed by atoms with van der Waals surface area (Å²) in [6.07, 6.45) is 2.18. The van der Waals surface area contributed by atoms with Crippen LogP contribution in [-0.2, 0) is 0 Å². The van der Waals surface area contributed by atoms with Gasteiger partial charge in [-0.3, -0.25) is 0 Å². The SMILES string of the molecule is Cc1ccnc(N2CC(O)CC2CN(C)C)c1C(N)=S. The van der Waals surface area contributed by atoms with E-state index in [2.05, 4.69) is 14.8 Å². The highest BCUT2D eigenvalue weighted by Crippen LogP contribution is 2.29. The van der Waals surface area contributed by atoms with E-state index in [1.165, 1.54) is 0 Å². The van der Waals surface area contributed by atoms with Gasteiger partial charge in [-0.25, -0.2) is 4.98 Å². The summed E-state index contributed by atoms with van der Waals surface area (Å²) in [5.74, 6) is 0.793. The van der Waals surface area contributed by atoms with Crippen molar-refractivity contribution in [2.24, 2.45) is 5.73 Å². The maximum Gasteiger partial charge on any atom is 0.139 e. The molecule has 0 aliphatic carbocycles. The van der Waals surface area contributed by atoms with Gasteiger partial charge in [-0.2, -0.15) is 0 Å². The average molecular weight is 294 g/mol. The number of pyridine rings is 1. The van der Waals surface area contributed by atoms with Gasteiger partial charge in [-0.15, -0.1) is 0 Å². The highest BCUT2D eigenvalue weighted by molar-refractivity contribution is 7.80. The second kappa shape index (κ2) is 6.03. The Bertz CT molecular complexity index is 506. The van der Waals surface area contributed by atoms with Crippen LogP contribution in [0, 0.1) is 6.92 Å². The van der Waals surface area contributed by atoms with Crippen molar-refractivity contribution < 1.29 is 5.11 Å². The standard InChI is InChI=1S/C14H22N4OS/c1-9-4-5-16-14(12(9)13(15)20)18-8-11(19)6-10(18)7-17(2)3/h4-5,10-11,19H,6-8H2,1-3H3,(H2,15,20). The number of thiocarbonyl (C=S) groups is 1. The molecule has 0 aromatic carbocycles. The third kappa shape index (κ3) is 3.08. The Morgan fingerprint density at radius 2 is 2.30 bits per heavy atom. The lowest BCUT2D eigenvalue weighted by Crippen LogP contribution is -2.39. The number of aromatic nitrogens is 1. The Kier molecular flexibility index (Phi) is 4.57. The molecule has 2 rings (SSSR count). The van der Waals surface area contributed by atoms with Crippen LogP contribution >= 0.6 is 12.2 Å². The number of nitrogens with zero attached hydrogens (tertiary/aromatic N) is 3. The molecule has 0 amide bonds. The molecular formula is C14H22N4OS. The number of aryl methyl sites for hydroxylation is 1. The molecule has 2 atom stereocenters. The summed E-state index contributed by atoms with van der Waals surface area (Å²) in [7, 11) is 4.06. The van der Waals surface area contributed by atoms with E-state index in [0.29, 0.717) is 11.5 Å². The van der Waals surface area contributed by atoms with Gasteiger partial charge in [0.15, 0.2) is 0 Å². The lowest BCUT2D eigenvalue weighted by Gasteiger charge is -2.29. The summed E-state index contributed by atoms with van der Waals surface area (Å²) in [6.45, 7) is 3.42. The van der Waals surface area contributed by atoms with Gasteiger partial charge in [-0.1, -0.05) is 12.2 Å². The molecule has 5 nitrogen and oxygen atoms in total. The molecule has 1 aromatic rings. The fraction of sp³-hybridized carbons (Fsp3) is 0.571. The van der Waals surface area contributed by atoms with Crippen molar-refractivity contribution >= 4 is 23.0 Å². The molecule has 1 saturated heterocycles. The number of aliphatic hydroxyl groups excluding tert-OH is 1. The number of anilines is 1. The van der Waals surface area contributed by atoms with Crippen LogP contribution in [0.4, 0.5) is 5.82 Å². The van der Waals surface area contributed by atoms with Crippen molar-refractivity contribution in [1.82, 2.24) is 9.88 Å². The van der Waals surface area contributed by atoms with Gasteiger partial charge in [0, 0.05) is 25.3 Å². The fourth-order valence-corrected chi connectivity index (χ4v) is 3.06. The highest BCUT2D eigenvalue weighted by atomic mass is 32.1. The zero-order valence-electron chi connectivity index (χ0n) is 12.2. The maximum absolute atomic E-state index is 9.99. The minimum Gasteiger partial charge on any atom is -0.391 e. The first-order valence-electron chi connectivity index (χ1n) is 6.75. The monoisotopic (exact) mass is 294 g/mol. The van der Waals surface area contributed by atoms with Crippen LogP contribution < -0.4 is 10.6 Å². The molecule has 1 aliphatic heterocycles. The van der Waals surface area contributed by atoms with Crippen LogP contribution in [0.15, 0.2) is 12.3 Å². The van der Waals surface area contributed by atoms with E-state index in [-0.39, 0.29) is 12.1 Å². The van der Waals surface area contributed by atoms with Gasteiger partial charge in [0.1, 0.15) is 10.8 Å². The summed E-state index contributed by atoms with van der Waals surface area (Å²) in [5.41, 5.74) is 7.70. The summed E-state index contributed by atoms with van der Waals surface area (Å²) in [6, 6.07) is 2.13. The molecule has 1 aliphatic rings. The van der Waals surface area contributed by atoms with Crippen molar-refractivity contribution in [3.8, 4) is 0 Å². The first kappa shape index (κ1) is 15.2. The van der Waals surface area contributed by atoms with Gasteiger partial charge in [0.2, 0.25) is 0 Å². The normalized spacial score (nSPS) is 22.6. The molecule has 20 heavy (non-hydrogen) atoms. The molecule has 0 spiro atoms.